The lowest BCUT2D eigenvalue weighted by atomic mass is 9.96. The minimum atomic E-state index is 0.515. The van der Waals surface area contributed by atoms with Crippen molar-refractivity contribution in [3.8, 4) is 0 Å². The Bertz CT molecular complexity index is 609. The molecule has 0 aliphatic carbocycles. The number of nitrogens with one attached hydrogen (secondary N) is 1. The van der Waals surface area contributed by atoms with Gasteiger partial charge in [0, 0.05) is 36.2 Å². The number of anilines is 3. The minimum absolute atomic E-state index is 0.515. The SMILES string of the molecule is CCCNc1cc(N2c3ccccc3CCC2C)ccn1. The van der Waals surface area contributed by atoms with Crippen LogP contribution in [0.3, 0.4) is 0 Å². The third-order valence-electron chi connectivity index (χ3n) is 4.10. The van der Waals surface area contributed by atoms with Gasteiger partial charge in [-0.15, -0.1) is 0 Å². The van der Waals surface area contributed by atoms with E-state index >= 15 is 0 Å². The molecule has 3 heteroatoms. The van der Waals surface area contributed by atoms with Gasteiger partial charge in [0.15, 0.2) is 0 Å². The van der Waals surface area contributed by atoms with Crippen LogP contribution in [-0.2, 0) is 6.42 Å². The molecular weight excluding hydrogens is 258 g/mol. The fraction of sp³-hybridized carbons (Fsp3) is 0.389. The molecule has 21 heavy (non-hydrogen) atoms. The van der Waals surface area contributed by atoms with Gasteiger partial charge in [-0.25, -0.2) is 4.98 Å². The molecule has 1 aliphatic rings. The first-order valence-electron chi connectivity index (χ1n) is 7.86. The van der Waals surface area contributed by atoms with Crippen molar-refractivity contribution in [1.29, 1.82) is 0 Å². The summed E-state index contributed by atoms with van der Waals surface area (Å²) in [6.07, 6.45) is 5.36. The number of pyridine rings is 1. The van der Waals surface area contributed by atoms with Gasteiger partial charge in [-0.3, -0.25) is 0 Å². The van der Waals surface area contributed by atoms with Gasteiger partial charge in [0.2, 0.25) is 0 Å². The Hall–Kier alpha value is -2.03. The first-order chi connectivity index (χ1) is 10.3. The Balaban J connectivity index is 1.95. The van der Waals surface area contributed by atoms with Gasteiger partial charge in [-0.2, -0.15) is 0 Å². The highest BCUT2D eigenvalue weighted by atomic mass is 15.2. The summed E-state index contributed by atoms with van der Waals surface area (Å²) in [7, 11) is 0. The molecule has 3 rings (SSSR count). The first kappa shape index (κ1) is 13.9. The zero-order valence-electron chi connectivity index (χ0n) is 12.8. The standard InChI is InChI=1S/C18H23N3/c1-3-11-19-18-13-16(10-12-20-18)21-14(2)8-9-15-6-4-5-7-17(15)21/h4-7,10,12-14H,3,8-9,11H2,1-2H3,(H,19,20). The average Bonchev–Trinajstić information content (AvgIpc) is 2.53. The van der Waals surface area contributed by atoms with Crippen LogP contribution in [0, 0.1) is 0 Å². The fourth-order valence-corrected chi connectivity index (χ4v) is 3.00. The second-order valence-electron chi connectivity index (χ2n) is 5.71. The summed E-state index contributed by atoms with van der Waals surface area (Å²) in [5, 5.41) is 3.37. The Morgan fingerprint density at radius 2 is 2.14 bits per heavy atom. The Morgan fingerprint density at radius 1 is 1.29 bits per heavy atom. The molecule has 1 aromatic carbocycles. The summed E-state index contributed by atoms with van der Waals surface area (Å²) in [5.74, 6) is 0.963. The fourth-order valence-electron chi connectivity index (χ4n) is 3.00. The lowest BCUT2D eigenvalue weighted by Gasteiger charge is -2.37. The number of benzene rings is 1. The summed E-state index contributed by atoms with van der Waals surface area (Å²) < 4.78 is 0. The van der Waals surface area contributed by atoms with Crippen molar-refractivity contribution in [1.82, 2.24) is 4.98 Å². The summed E-state index contributed by atoms with van der Waals surface area (Å²) in [6.45, 7) is 5.43. The van der Waals surface area contributed by atoms with Crippen molar-refractivity contribution in [3.63, 3.8) is 0 Å². The molecule has 0 amide bonds. The molecule has 1 aromatic heterocycles. The van der Waals surface area contributed by atoms with Crippen LogP contribution in [0.1, 0.15) is 32.3 Å². The smallest absolute Gasteiger partial charge is 0.127 e. The summed E-state index contributed by atoms with van der Waals surface area (Å²) >= 11 is 0. The van der Waals surface area contributed by atoms with E-state index in [4.69, 9.17) is 0 Å². The van der Waals surface area contributed by atoms with E-state index in [1.54, 1.807) is 0 Å². The third-order valence-corrected chi connectivity index (χ3v) is 4.10. The largest absolute Gasteiger partial charge is 0.370 e. The summed E-state index contributed by atoms with van der Waals surface area (Å²) in [4.78, 5) is 6.86. The number of aromatic nitrogens is 1. The van der Waals surface area contributed by atoms with Crippen LogP contribution in [0.5, 0.6) is 0 Å². The van der Waals surface area contributed by atoms with Crippen LogP contribution >= 0.6 is 0 Å². The number of hydrogen-bond acceptors (Lipinski definition) is 3. The highest BCUT2D eigenvalue weighted by Gasteiger charge is 2.24. The Morgan fingerprint density at radius 3 is 3.00 bits per heavy atom. The highest BCUT2D eigenvalue weighted by molar-refractivity contribution is 5.70. The second kappa shape index (κ2) is 6.17. The zero-order chi connectivity index (χ0) is 14.7. The third kappa shape index (κ3) is 2.87. The van der Waals surface area contributed by atoms with Crippen molar-refractivity contribution in [2.75, 3.05) is 16.8 Å². The van der Waals surface area contributed by atoms with E-state index < -0.39 is 0 Å². The van der Waals surface area contributed by atoms with Crippen molar-refractivity contribution >= 4 is 17.2 Å². The maximum atomic E-state index is 4.41. The van der Waals surface area contributed by atoms with Gasteiger partial charge in [-0.05, 0) is 43.9 Å². The molecule has 1 atom stereocenters. The van der Waals surface area contributed by atoms with Crippen LogP contribution in [0.15, 0.2) is 42.6 Å². The van der Waals surface area contributed by atoms with Gasteiger partial charge < -0.3 is 10.2 Å². The van der Waals surface area contributed by atoms with E-state index in [2.05, 4.69) is 65.4 Å². The van der Waals surface area contributed by atoms with E-state index in [9.17, 15) is 0 Å². The second-order valence-corrected chi connectivity index (χ2v) is 5.71. The monoisotopic (exact) mass is 281 g/mol. The topological polar surface area (TPSA) is 28.2 Å². The highest BCUT2D eigenvalue weighted by Crippen LogP contribution is 2.36. The van der Waals surface area contributed by atoms with Gasteiger partial charge in [0.25, 0.3) is 0 Å². The van der Waals surface area contributed by atoms with E-state index in [-0.39, 0.29) is 0 Å². The van der Waals surface area contributed by atoms with Gasteiger partial charge >= 0.3 is 0 Å². The van der Waals surface area contributed by atoms with Crippen LogP contribution in [0.2, 0.25) is 0 Å². The molecule has 110 valence electrons. The van der Waals surface area contributed by atoms with Gasteiger partial charge in [-0.1, -0.05) is 25.1 Å². The Labute approximate surface area is 127 Å². The van der Waals surface area contributed by atoms with Crippen molar-refractivity contribution in [2.45, 2.75) is 39.2 Å². The average molecular weight is 281 g/mol. The molecule has 0 saturated carbocycles. The van der Waals surface area contributed by atoms with Gasteiger partial charge in [0.1, 0.15) is 5.82 Å². The quantitative estimate of drug-likeness (QED) is 0.901. The van der Waals surface area contributed by atoms with E-state index in [0.717, 1.165) is 18.8 Å². The number of aryl methyl sites for hydroxylation is 1. The van der Waals surface area contributed by atoms with Crippen LogP contribution < -0.4 is 10.2 Å². The van der Waals surface area contributed by atoms with Gasteiger partial charge in [0.05, 0.1) is 0 Å². The molecular formula is C18H23N3. The van der Waals surface area contributed by atoms with Crippen LogP contribution in [0.25, 0.3) is 0 Å². The Kier molecular flexibility index (Phi) is 4.09. The number of rotatable bonds is 4. The van der Waals surface area contributed by atoms with Crippen LogP contribution in [0.4, 0.5) is 17.2 Å². The molecule has 0 bridgehead atoms. The lowest BCUT2D eigenvalue weighted by molar-refractivity contribution is 0.618. The normalized spacial score (nSPS) is 17.4. The predicted molar refractivity (Wildman–Crippen MR) is 89.4 cm³/mol. The number of nitrogens with zero attached hydrogens (tertiary/aromatic N) is 2. The van der Waals surface area contributed by atoms with Crippen molar-refractivity contribution < 1.29 is 0 Å². The summed E-state index contributed by atoms with van der Waals surface area (Å²) in [6, 6.07) is 13.5. The van der Waals surface area contributed by atoms with E-state index in [1.807, 2.05) is 6.20 Å². The van der Waals surface area contributed by atoms with Crippen molar-refractivity contribution in [3.05, 3.63) is 48.2 Å². The molecule has 0 spiro atoms. The number of para-hydroxylation sites is 1. The lowest BCUT2D eigenvalue weighted by Crippen LogP contribution is -2.33. The maximum Gasteiger partial charge on any atom is 0.127 e. The molecule has 0 fully saturated rings. The maximum absolute atomic E-state index is 4.41. The number of hydrogen-bond donors (Lipinski definition) is 1. The minimum Gasteiger partial charge on any atom is -0.370 e. The number of fused-ring (bicyclic) bond motifs is 1. The first-order valence-corrected chi connectivity index (χ1v) is 7.86. The molecule has 0 saturated heterocycles. The van der Waals surface area contributed by atoms with E-state index in [1.165, 1.54) is 29.8 Å². The molecule has 3 nitrogen and oxygen atoms in total. The predicted octanol–water partition coefficient (Wildman–Crippen LogP) is 4.38. The van der Waals surface area contributed by atoms with Crippen LogP contribution in [-0.4, -0.2) is 17.6 Å². The molecule has 2 aromatic rings. The molecule has 2 heterocycles. The van der Waals surface area contributed by atoms with Crippen molar-refractivity contribution in [2.24, 2.45) is 0 Å². The van der Waals surface area contributed by atoms with E-state index in [0.29, 0.717) is 6.04 Å². The molecule has 1 aliphatic heterocycles. The molecule has 1 unspecified atom stereocenters. The summed E-state index contributed by atoms with van der Waals surface area (Å²) in [5.41, 5.74) is 4.00. The molecule has 0 radical (unpaired) electrons. The molecule has 1 N–H and O–H groups in total. The zero-order valence-corrected chi connectivity index (χ0v) is 12.8.